The predicted molar refractivity (Wildman–Crippen MR) is 118 cm³/mol. The summed E-state index contributed by atoms with van der Waals surface area (Å²) in [6.07, 6.45) is 13.4. The number of fused-ring (bicyclic) bond motifs is 1. The van der Waals surface area contributed by atoms with E-state index in [2.05, 4.69) is 14.8 Å². The molecule has 3 aliphatic carbocycles. The quantitative estimate of drug-likeness (QED) is 0.707. The summed E-state index contributed by atoms with van der Waals surface area (Å²) in [5.41, 5.74) is 2.53. The van der Waals surface area contributed by atoms with Crippen LogP contribution < -0.4 is 0 Å². The minimum Gasteiger partial charge on any atom is -0.317 e. The first-order chi connectivity index (χ1) is 15.1. The van der Waals surface area contributed by atoms with Gasteiger partial charge in [0.15, 0.2) is 0 Å². The molecular weight excluding hydrogens is 408 g/mol. The number of nitrogens with zero attached hydrogens (tertiary/aromatic N) is 4. The van der Waals surface area contributed by atoms with E-state index in [1.54, 1.807) is 4.31 Å². The van der Waals surface area contributed by atoms with Crippen molar-refractivity contribution in [2.24, 2.45) is 11.3 Å². The van der Waals surface area contributed by atoms with Crippen molar-refractivity contribution in [2.75, 3.05) is 13.1 Å². The van der Waals surface area contributed by atoms with Gasteiger partial charge in [-0.15, -0.1) is 10.2 Å². The molecule has 1 aromatic heterocycles. The summed E-state index contributed by atoms with van der Waals surface area (Å²) in [5, 5.41) is 8.81. The van der Waals surface area contributed by atoms with E-state index in [1.165, 1.54) is 43.2 Å². The van der Waals surface area contributed by atoms with Crippen LogP contribution >= 0.6 is 0 Å². The molecule has 1 saturated heterocycles. The van der Waals surface area contributed by atoms with Crippen LogP contribution in [0.1, 0.15) is 74.2 Å². The van der Waals surface area contributed by atoms with Gasteiger partial charge in [0.2, 0.25) is 10.0 Å². The highest BCUT2D eigenvalue weighted by atomic mass is 32.2. The van der Waals surface area contributed by atoms with Crippen molar-refractivity contribution in [3.05, 3.63) is 41.5 Å². The molecule has 0 bridgehead atoms. The van der Waals surface area contributed by atoms with Gasteiger partial charge >= 0.3 is 0 Å². The molecule has 2 aromatic rings. The summed E-state index contributed by atoms with van der Waals surface area (Å²) in [6.45, 7) is 2.13. The van der Waals surface area contributed by atoms with E-state index in [9.17, 15) is 8.42 Å². The van der Waals surface area contributed by atoms with Crippen LogP contribution in [0.2, 0.25) is 0 Å². The fourth-order valence-corrected chi connectivity index (χ4v) is 7.94. The first-order valence-electron chi connectivity index (χ1n) is 12.0. The number of sulfonamides is 1. The highest BCUT2D eigenvalue weighted by Crippen LogP contribution is 2.53. The van der Waals surface area contributed by atoms with E-state index in [0.29, 0.717) is 18.0 Å². The Balaban J connectivity index is 1.34. The highest BCUT2D eigenvalue weighted by molar-refractivity contribution is 7.89. The van der Waals surface area contributed by atoms with E-state index in [4.69, 9.17) is 0 Å². The fraction of sp³-hybridized carbons (Fsp3) is 0.667. The maximum atomic E-state index is 13.7. The normalized spacial score (nSPS) is 25.9. The summed E-state index contributed by atoms with van der Waals surface area (Å²) >= 11 is 0. The molecule has 0 N–H and O–H groups in total. The van der Waals surface area contributed by atoms with Gasteiger partial charge in [-0.25, -0.2) is 8.42 Å². The van der Waals surface area contributed by atoms with Crippen LogP contribution in [-0.4, -0.2) is 40.6 Å². The lowest BCUT2D eigenvalue weighted by Gasteiger charge is -2.37. The molecule has 1 aromatic carbocycles. The van der Waals surface area contributed by atoms with Gasteiger partial charge in [0.25, 0.3) is 0 Å². The molecule has 1 aliphatic heterocycles. The second-order valence-corrected chi connectivity index (χ2v) is 12.3. The van der Waals surface area contributed by atoms with Crippen molar-refractivity contribution in [3.8, 4) is 0 Å². The Bertz CT molecular complexity index is 1080. The van der Waals surface area contributed by atoms with Crippen LogP contribution in [0, 0.1) is 11.3 Å². The molecule has 3 fully saturated rings. The molecule has 1 atom stereocenters. The molecule has 1 unspecified atom stereocenters. The molecule has 31 heavy (non-hydrogen) atoms. The Labute approximate surface area is 185 Å². The topological polar surface area (TPSA) is 68.1 Å². The van der Waals surface area contributed by atoms with Gasteiger partial charge in [0.1, 0.15) is 12.2 Å². The van der Waals surface area contributed by atoms with Crippen LogP contribution in [0.3, 0.4) is 0 Å². The summed E-state index contributed by atoms with van der Waals surface area (Å²) in [4.78, 5) is 0.471. The molecule has 6 nitrogen and oxygen atoms in total. The zero-order chi connectivity index (χ0) is 21.1. The zero-order valence-corrected chi connectivity index (χ0v) is 19.0. The molecule has 1 spiro atoms. The molecule has 166 valence electrons. The third-order valence-corrected chi connectivity index (χ3v) is 10.1. The van der Waals surface area contributed by atoms with Gasteiger partial charge in [0.05, 0.1) is 4.90 Å². The standard InChI is InChI=1S/C24H32N4O2S/c29-31(30,21-10-9-19-5-4-6-20(19)13-21)28-15-22(24(16-28)11-2-1-3-12-24)23-26-25-17-27(23)14-18-7-8-18/h9-10,13,17-18,22H,1-8,11-12,14-16H2. The number of aromatic nitrogens is 3. The van der Waals surface area contributed by atoms with Gasteiger partial charge in [-0.3, -0.25) is 0 Å². The van der Waals surface area contributed by atoms with E-state index >= 15 is 0 Å². The van der Waals surface area contributed by atoms with Gasteiger partial charge in [-0.1, -0.05) is 25.3 Å². The smallest absolute Gasteiger partial charge is 0.243 e. The summed E-state index contributed by atoms with van der Waals surface area (Å²) in [7, 11) is -3.51. The van der Waals surface area contributed by atoms with Crippen LogP contribution in [-0.2, 0) is 29.4 Å². The van der Waals surface area contributed by atoms with Crippen molar-refractivity contribution in [1.82, 2.24) is 19.1 Å². The molecule has 0 amide bonds. The maximum absolute atomic E-state index is 13.7. The number of rotatable bonds is 5. The van der Waals surface area contributed by atoms with Crippen molar-refractivity contribution in [3.63, 3.8) is 0 Å². The van der Waals surface area contributed by atoms with E-state index < -0.39 is 10.0 Å². The van der Waals surface area contributed by atoms with Crippen LogP contribution in [0.15, 0.2) is 29.4 Å². The van der Waals surface area contributed by atoms with Crippen molar-refractivity contribution < 1.29 is 8.42 Å². The molecule has 0 radical (unpaired) electrons. The lowest BCUT2D eigenvalue weighted by Crippen LogP contribution is -2.34. The predicted octanol–water partition coefficient (Wildman–Crippen LogP) is 3.92. The Morgan fingerprint density at radius 2 is 1.84 bits per heavy atom. The van der Waals surface area contributed by atoms with Crippen LogP contribution in [0.25, 0.3) is 0 Å². The first kappa shape index (κ1) is 19.9. The minimum atomic E-state index is -3.51. The summed E-state index contributed by atoms with van der Waals surface area (Å²) < 4.78 is 31.5. The Kier molecular flexibility index (Phi) is 4.76. The lowest BCUT2D eigenvalue weighted by atomic mass is 9.67. The third-order valence-electron chi connectivity index (χ3n) is 8.28. The molecule has 6 rings (SSSR count). The Hall–Kier alpha value is -1.73. The van der Waals surface area contributed by atoms with E-state index in [1.807, 2.05) is 24.5 Å². The van der Waals surface area contributed by atoms with E-state index in [0.717, 1.165) is 50.4 Å². The van der Waals surface area contributed by atoms with Gasteiger partial charge in [0, 0.05) is 25.6 Å². The first-order valence-corrected chi connectivity index (χ1v) is 13.5. The van der Waals surface area contributed by atoms with Gasteiger partial charge in [-0.2, -0.15) is 4.31 Å². The second-order valence-electron chi connectivity index (χ2n) is 10.3. The fourth-order valence-electron chi connectivity index (χ4n) is 6.34. The maximum Gasteiger partial charge on any atom is 0.243 e. The average Bonchev–Trinajstić information content (AvgIpc) is 3.14. The average molecular weight is 441 g/mol. The van der Waals surface area contributed by atoms with Crippen molar-refractivity contribution in [1.29, 1.82) is 0 Å². The van der Waals surface area contributed by atoms with Gasteiger partial charge < -0.3 is 4.57 Å². The number of benzene rings is 1. The number of aryl methyl sites for hydroxylation is 2. The minimum absolute atomic E-state index is 0.00359. The lowest BCUT2D eigenvalue weighted by molar-refractivity contribution is 0.176. The molecular formula is C24H32N4O2S. The zero-order valence-electron chi connectivity index (χ0n) is 18.2. The number of hydrogen-bond acceptors (Lipinski definition) is 4. The highest BCUT2D eigenvalue weighted by Gasteiger charge is 2.52. The number of hydrogen-bond donors (Lipinski definition) is 0. The second kappa shape index (κ2) is 7.41. The Morgan fingerprint density at radius 3 is 2.65 bits per heavy atom. The third kappa shape index (κ3) is 3.44. The summed E-state index contributed by atoms with van der Waals surface area (Å²) in [5.74, 6) is 1.89. The molecule has 2 heterocycles. The summed E-state index contributed by atoms with van der Waals surface area (Å²) in [6, 6.07) is 5.80. The molecule has 7 heteroatoms. The van der Waals surface area contributed by atoms with Crippen LogP contribution in [0.4, 0.5) is 0 Å². The van der Waals surface area contributed by atoms with E-state index in [-0.39, 0.29) is 11.3 Å². The van der Waals surface area contributed by atoms with Gasteiger partial charge in [-0.05, 0) is 79.5 Å². The Morgan fingerprint density at radius 1 is 1.03 bits per heavy atom. The monoisotopic (exact) mass is 440 g/mol. The molecule has 2 saturated carbocycles. The molecule has 4 aliphatic rings. The van der Waals surface area contributed by atoms with Crippen molar-refractivity contribution >= 4 is 10.0 Å². The SMILES string of the molecule is O=S(=O)(c1ccc2c(c1)CCC2)N1CC(c2nncn2CC2CC2)C2(CCCCC2)C1. The largest absolute Gasteiger partial charge is 0.317 e. The van der Waals surface area contributed by atoms with Crippen molar-refractivity contribution in [2.45, 2.75) is 81.6 Å². The van der Waals surface area contributed by atoms with Crippen LogP contribution in [0.5, 0.6) is 0 Å².